The first-order valence-corrected chi connectivity index (χ1v) is 6.44. The molecule has 0 spiro atoms. The van der Waals surface area contributed by atoms with Crippen molar-refractivity contribution in [2.75, 3.05) is 20.3 Å². The molecule has 0 aliphatic heterocycles. The topological polar surface area (TPSA) is 73.6 Å². The molecule has 0 saturated carbocycles. The minimum Gasteiger partial charge on any atom is -0.480 e. The summed E-state index contributed by atoms with van der Waals surface area (Å²) >= 11 is 0. The molecule has 0 aromatic heterocycles. The number of benzene rings is 1. The number of ether oxygens (including phenoxy) is 2. The summed E-state index contributed by atoms with van der Waals surface area (Å²) < 4.78 is 23.6. The van der Waals surface area contributed by atoms with Gasteiger partial charge in [0.25, 0.3) is 5.91 Å². The summed E-state index contributed by atoms with van der Waals surface area (Å²) in [5.41, 5.74) is 6.45. The molecular formula is C14H21FN2O3. The van der Waals surface area contributed by atoms with Crippen molar-refractivity contribution in [2.45, 2.75) is 26.0 Å². The van der Waals surface area contributed by atoms with Crippen LogP contribution in [0.15, 0.2) is 18.2 Å². The molecule has 3 N–H and O–H groups in total. The third kappa shape index (κ3) is 4.79. The van der Waals surface area contributed by atoms with Crippen LogP contribution < -0.4 is 15.8 Å². The van der Waals surface area contributed by atoms with Gasteiger partial charge in [0.1, 0.15) is 11.6 Å². The van der Waals surface area contributed by atoms with E-state index >= 15 is 0 Å². The first-order valence-electron chi connectivity index (χ1n) is 6.44. The summed E-state index contributed by atoms with van der Waals surface area (Å²) in [6, 6.07) is 3.80. The standard InChI is InChI=1S/C14H21FN2O3/c1-9(16)12-5-4-11(15)8-13(12)20-10(2)14(18)17-6-7-19-3/h4-5,8-10H,6-7,16H2,1-3H3,(H,17,18)/t9-,10?/m0/s1. The fourth-order valence-corrected chi connectivity index (χ4v) is 1.65. The van der Waals surface area contributed by atoms with Crippen LogP contribution >= 0.6 is 0 Å². The highest BCUT2D eigenvalue weighted by Crippen LogP contribution is 2.25. The van der Waals surface area contributed by atoms with Gasteiger partial charge < -0.3 is 20.5 Å². The van der Waals surface area contributed by atoms with E-state index in [1.807, 2.05) is 0 Å². The Morgan fingerprint density at radius 1 is 1.45 bits per heavy atom. The fourth-order valence-electron chi connectivity index (χ4n) is 1.65. The van der Waals surface area contributed by atoms with Crippen molar-refractivity contribution in [3.63, 3.8) is 0 Å². The number of nitrogens with one attached hydrogen (secondary N) is 1. The lowest BCUT2D eigenvalue weighted by atomic mass is 10.1. The number of carbonyl (C=O) groups excluding carboxylic acids is 1. The molecule has 1 rings (SSSR count). The first kappa shape index (κ1) is 16.4. The minimum absolute atomic E-state index is 0.286. The van der Waals surface area contributed by atoms with Gasteiger partial charge in [-0.25, -0.2) is 4.39 Å². The number of hydrogen-bond donors (Lipinski definition) is 2. The number of methoxy groups -OCH3 is 1. The van der Waals surface area contributed by atoms with E-state index in [0.29, 0.717) is 18.7 Å². The molecule has 0 aliphatic carbocycles. The maximum atomic E-state index is 13.3. The van der Waals surface area contributed by atoms with Crippen molar-refractivity contribution >= 4 is 5.91 Å². The molecule has 0 heterocycles. The molecule has 112 valence electrons. The molecule has 2 atom stereocenters. The van der Waals surface area contributed by atoms with E-state index in [-0.39, 0.29) is 17.7 Å². The minimum atomic E-state index is -0.744. The van der Waals surface area contributed by atoms with Gasteiger partial charge in [0.2, 0.25) is 0 Å². The van der Waals surface area contributed by atoms with Crippen LogP contribution in [0, 0.1) is 5.82 Å². The van der Waals surface area contributed by atoms with Gasteiger partial charge in [-0.15, -0.1) is 0 Å². The van der Waals surface area contributed by atoms with Crippen molar-refractivity contribution in [3.05, 3.63) is 29.6 Å². The van der Waals surface area contributed by atoms with Gasteiger partial charge in [0, 0.05) is 31.3 Å². The van der Waals surface area contributed by atoms with Crippen LogP contribution in [0.1, 0.15) is 25.5 Å². The van der Waals surface area contributed by atoms with Crippen molar-refractivity contribution in [2.24, 2.45) is 5.73 Å². The van der Waals surface area contributed by atoms with Crippen LogP contribution in [0.2, 0.25) is 0 Å². The summed E-state index contributed by atoms with van der Waals surface area (Å²) in [5.74, 6) is -0.437. The normalized spacial score (nSPS) is 13.7. The Labute approximate surface area is 118 Å². The van der Waals surface area contributed by atoms with Crippen LogP contribution in [0.25, 0.3) is 0 Å². The fraction of sp³-hybridized carbons (Fsp3) is 0.500. The van der Waals surface area contributed by atoms with E-state index in [9.17, 15) is 9.18 Å². The van der Waals surface area contributed by atoms with Gasteiger partial charge in [-0.3, -0.25) is 4.79 Å². The Hall–Kier alpha value is -1.66. The second-order valence-corrected chi connectivity index (χ2v) is 4.51. The van der Waals surface area contributed by atoms with Gasteiger partial charge in [-0.05, 0) is 19.9 Å². The number of carbonyl (C=O) groups is 1. The molecule has 1 aromatic rings. The summed E-state index contributed by atoms with van der Waals surface area (Å²) in [6.07, 6.45) is -0.744. The van der Waals surface area contributed by atoms with Crippen LogP contribution in [0.4, 0.5) is 4.39 Å². The zero-order valence-electron chi connectivity index (χ0n) is 12.0. The monoisotopic (exact) mass is 284 g/mol. The maximum absolute atomic E-state index is 13.3. The smallest absolute Gasteiger partial charge is 0.260 e. The Kier molecular flexibility index (Phi) is 6.41. The third-order valence-electron chi connectivity index (χ3n) is 2.74. The molecule has 0 radical (unpaired) electrons. The Bertz CT molecular complexity index is 452. The average molecular weight is 284 g/mol. The highest BCUT2D eigenvalue weighted by molar-refractivity contribution is 5.80. The van der Waals surface area contributed by atoms with Crippen molar-refractivity contribution in [1.29, 1.82) is 0 Å². The largest absolute Gasteiger partial charge is 0.480 e. The molecule has 6 heteroatoms. The second kappa shape index (κ2) is 7.81. The predicted octanol–water partition coefficient (Wildman–Crippen LogP) is 1.38. The van der Waals surface area contributed by atoms with E-state index in [0.717, 1.165) is 0 Å². The molecule has 0 bridgehead atoms. The molecule has 1 aromatic carbocycles. The van der Waals surface area contributed by atoms with Gasteiger partial charge >= 0.3 is 0 Å². The highest BCUT2D eigenvalue weighted by Gasteiger charge is 2.17. The van der Waals surface area contributed by atoms with Gasteiger partial charge in [-0.1, -0.05) is 6.07 Å². The van der Waals surface area contributed by atoms with Crippen molar-refractivity contribution < 1.29 is 18.7 Å². The summed E-state index contributed by atoms with van der Waals surface area (Å²) in [7, 11) is 1.55. The predicted molar refractivity (Wildman–Crippen MR) is 74.0 cm³/mol. The van der Waals surface area contributed by atoms with E-state index in [1.165, 1.54) is 12.1 Å². The number of rotatable bonds is 7. The van der Waals surface area contributed by atoms with Crippen molar-refractivity contribution in [1.82, 2.24) is 5.32 Å². The molecule has 0 saturated heterocycles. The lowest BCUT2D eigenvalue weighted by Crippen LogP contribution is -2.38. The zero-order chi connectivity index (χ0) is 15.1. The average Bonchev–Trinajstić information content (AvgIpc) is 2.38. The highest BCUT2D eigenvalue weighted by atomic mass is 19.1. The number of halogens is 1. The second-order valence-electron chi connectivity index (χ2n) is 4.51. The molecular weight excluding hydrogens is 263 g/mol. The molecule has 1 unspecified atom stereocenters. The van der Waals surface area contributed by atoms with Crippen LogP contribution in [-0.2, 0) is 9.53 Å². The van der Waals surface area contributed by atoms with E-state index in [2.05, 4.69) is 5.32 Å². The zero-order valence-corrected chi connectivity index (χ0v) is 12.0. The Balaban J connectivity index is 2.71. The summed E-state index contributed by atoms with van der Waals surface area (Å²) in [4.78, 5) is 11.8. The molecule has 1 amide bonds. The SMILES string of the molecule is COCCNC(=O)C(C)Oc1cc(F)ccc1[C@H](C)N. The quantitative estimate of drug-likeness (QED) is 0.742. The third-order valence-corrected chi connectivity index (χ3v) is 2.74. The van der Waals surface area contributed by atoms with Gasteiger partial charge in [0.05, 0.1) is 6.61 Å². The molecule has 5 nitrogen and oxygen atoms in total. The lowest BCUT2D eigenvalue weighted by molar-refractivity contribution is -0.127. The van der Waals surface area contributed by atoms with E-state index < -0.39 is 11.9 Å². The summed E-state index contributed by atoms with van der Waals surface area (Å²) in [6.45, 7) is 4.18. The van der Waals surface area contributed by atoms with Gasteiger partial charge in [0.15, 0.2) is 6.10 Å². The molecule has 0 fully saturated rings. The lowest BCUT2D eigenvalue weighted by Gasteiger charge is -2.18. The number of nitrogens with two attached hydrogens (primary N) is 1. The maximum Gasteiger partial charge on any atom is 0.260 e. The van der Waals surface area contributed by atoms with Crippen molar-refractivity contribution in [3.8, 4) is 5.75 Å². The first-order chi connectivity index (χ1) is 9.45. The molecule has 20 heavy (non-hydrogen) atoms. The Morgan fingerprint density at radius 2 is 2.15 bits per heavy atom. The van der Waals surface area contributed by atoms with Crippen LogP contribution in [0.5, 0.6) is 5.75 Å². The van der Waals surface area contributed by atoms with E-state index in [1.54, 1.807) is 27.0 Å². The summed E-state index contributed by atoms with van der Waals surface area (Å²) in [5, 5.41) is 2.65. The van der Waals surface area contributed by atoms with E-state index in [4.69, 9.17) is 15.2 Å². The number of hydrogen-bond acceptors (Lipinski definition) is 4. The van der Waals surface area contributed by atoms with Crippen LogP contribution in [-0.4, -0.2) is 32.3 Å². The molecule has 0 aliphatic rings. The van der Waals surface area contributed by atoms with Crippen LogP contribution in [0.3, 0.4) is 0 Å². The van der Waals surface area contributed by atoms with Gasteiger partial charge in [-0.2, -0.15) is 0 Å². The number of amides is 1. The Morgan fingerprint density at radius 3 is 2.75 bits per heavy atom.